The van der Waals surface area contributed by atoms with Gasteiger partial charge in [-0.3, -0.25) is 4.79 Å². The minimum absolute atomic E-state index is 0.0862. The molecule has 6 nitrogen and oxygen atoms in total. The Kier molecular flexibility index (Phi) is 4.41. The van der Waals surface area contributed by atoms with Crippen molar-refractivity contribution in [1.29, 1.82) is 0 Å². The number of fused-ring (bicyclic) bond motifs is 1. The van der Waals surface area contributed by atoms with Gasteiger partial charge in [0.1, 0.15) is 17.2 Å². The van der Waals surface area contributed by atoms with Crippen LogP contribution >= 0.6 is 0 Å². The molecule has 0 radical (unpaired) electrons. The Morgan fingerprint density at radius 1 is 1.07 bits per heavy atom. The Labute approximate surface area is 164 Å². The molecule has 0 saturated carbocycles. The van der Waals surface area contributed by atoms with E-state index in [0.29, 0.717) is 22.1 Å². The van der Waals surface area contributed by atoms with Crippen molar-refractivity contribution in [1.82, 2.24) is 10.2 Å². The Hall–Kier alpha value is -3.55. The predicted molar refractivity (Wildman–Crippen MR) is 99.7 cm³/mol. The summed E-state index contributed by atoms with van der Waals surface area (Å²) >= 11 is 0. The summed E-state index contributed by atoms with van der Waals surface area (Å²) in [6.07, 6.45) is 1.37. The normalized spacial score (nSPS) is 11.8. The van der Waals surface area contributed by atoms with E-state index in [1.165, 1.54) is 13.2 Å². The van der Waals surface area contributed by atoms with E-state index in [0.717, 1.165) is 18.2 Å². The molecule has 0 bridgehead atoms. The molecule has 0 unspecified atom stereocenters. The van der Waals surface area contributed by atoms with E-state index >= 15 is 0 Å². The smallest absolute Gasteiger partial charge is 0.303 e. The molecule has 4 rings (SSSR count). The van der Waals surface area contributed by atoms with Crippen LogP contribution in [-0.2, 0) is 15.1 Å². The molecule has 0 fully saturated rings. The zero-order valence-electron chi connectivity index (χ0n) is 15.8. The lowest BCUT2D eigenvalue weighted by molar-refractivity contribution is -0.156. The third-order valence-electron chi connectivity index (χ3n) is 4.38. The highest BCUT2D eigenvalue weighted by atomic mass is 19.1. The second-order valence-corrected chi connectivity index (χ2v) is 7.00. The van der Waals surface area contributed by atoms with Crippen LogP contribution in [0.3, 0.4) is 0 Å². The third kappa shape index (κ3) is 3.49. The van der Waals surface area contributed by atoms with Gasteiger partial charge in [-0.25, -0.2) is 8.78 Å². The molecule has 2 aromatic carbocycles. The summed E-state index contributed by atoms with van der Waals surface area (Å²) in [4.78, 5) is 11.3. The van der Waals surface area contributed by atoms with Crippen molar-refractivity contribution in [2.24, 2.45) is 0 Å². The summed E-state index contributed by atoms with van der Waals surface area (Å²) in [5, 5.41) is 8.54. The van der Waals surface area contributed by atoms with E-state index < -0.39 is 23.2 Å². The number of benzene rings is 2. The van der Waals surface area contributed by atoms with Gasteiger partial charge in [0.05, 0.1) is 6.26 Å². The Bertz CT molecular complexity index is 1230. The van der Waals surface area contributed by atoms with Crippen LogP contribution in [0.5, 0.6) is 0 Å². The quantitative estimate of drug-likeness (QED) is 0.438. The number of hydrogen-bond acceptors (Lipinski definition) is 6. The van der Waals surface area contributed by atoms with E-state index in [1.54, 1.807) is 32.0 Å². The van der Waals surface area contributed by atoms with E-state index in [9.17, 15) is 13.6 Å². The summed E-state index contributed by atoms with van der Waals surface area (Å²) in [5.74, 6) is -1.28. The third-order valence-corrected chi connectivity index (χ3v) is 4.38. The van der Waals surface area contributed by atoms with Gasteiger partial charge >= 0.3 is 5.97 Å². The monoisotopic (exact) mass is 398 g/mol. The first-order valence-corrected chi connectivity index (χ1v) is 8.75. The lowest BCUT2D eigenvalue weighted by atomic mass is 10.0. The molecule has 0 N–H and O–H groups in total. The first kappa shape index (κ1) is 18.8. The van der Waals surface area contributed by atoms with Crippen molar-refractivity contribution in [3.63, 3.8) is 0 Å². The fraction of sp³-hybridized carbons (Fsp3) is 0.190. The molecular weight excluding hydrogens is 382 g/mol. The topological polar surface area (TPSA) is 78.4 Å². The zero-order valence-corrected chi connectivity index (χ0v) is 15.8. The van der Waals surface area contributed by atoms with Gasteiger partial charge < -0.3 is 13.6 Å². The molecule has 0 atom stereocenters. The maximum atomic E-state index is 14.2. The largest absolute Gasteiger partial charge is 0.464 e. The van der Waals surface area contributed by atoms with E-state index in [-0.39, 0.29) is 17.3 Å². The molecule has 29 heavy (non-hydrogen) atoms. The van der Waals surface area contributed by atoms with Crippen LogP contribution in [0.15, 0.2) is 51.5 Å². The van der Waals surface area contributed by atoms with Gasteiger partial charge in [0, 0.05) is 29.0 Å². The van der Waals surface area contributed by atoms with Crippen LogP contribution in [0.25, 0.3) is 33.6 Å². The second kappa shape index (κ2) is 6.80. The van der Waals surface area contributed by atoms with Crippen LogP contribution in [0, 0.1) is 11.6 Å². The van der Waals surface area contributed by atoms with Gasteiger partial charge in [-0.2, -0.15) is 0 Å². The van der Waals surface area contributed by atoms with Gasteiger partial charge in [0.15, 0.2) is 5.60 Å². The van der Waals surface area contributed by atoms with Crippen LogP contribution in [0.2, 0.25) is 0 Å². The molecule has 0 aliphatic rings. The maximum Gasteiger partial charge on any atom is 0.303 e. The molecule has 0 aliphatic heterocycles. The highest BCUT2D eigenvalue weighted by Crippen LogP contribution is 2.35. The second-order valence-electron chi connectivity index (χ2n) is 7.00. The molecular formula is C21H16F2N2O4. The fourth-order valence-electron chi connectivity index (χ4n) is 3.06. The van der Waals surface area contributed by atoms with Gasteiger partial charge in [0.2, 0.25) is 5.89 Å². The lowest BCUT2D eigenvalue weighted by Crippen LogP contribution is -2.24. The summed E-state index contributed by atoms with van der Waals surface area (Å²) < 4.78 is 44.2. The van der Waals surface area contributed by atoms with E-state index in [2.05, 4.69) is 10.2 Å². The molecule has 0 amide bonds. The first-order chi connectivity index (χ1) is 13.7. The number of carbonyl (C=O) groups is 1. The average molecular weight is 398 g/mol. The zero-order chi connectivity index (χ0) is 20.8. The highest BCUT2D eigenvalue weighted by Gasteiger charge is 2.31. The van der Waals surface area contributed by atoms with E-state index in [1.807, 2.05) is 0 Å². The minimum Gasteiger partial charge on any atom is -0.464 e. The van der Waals surface area contributed by atoms with Gasteiger partial charge in [-0.15, -0.1) is 10.2 Å². The van der Waals surface area contributed by atoms with Gasteiger partial charge in [-0.05, 0) is 50.2 Å². The highest BCUT2D eigenvalue weighted by molar-refractivity contribution is 5.96. The van der Waals surface area contributed by atoms with Crippen molar-refractivity contribution in [2.75, 3.05) is 0 Å². The number of rotatable bonds is 4. The number of esters is 1. The molecule has 2 heterocycles. The van der Waals surface area contributed by atoms with Crippen molar-refractivity contribution >= 4 is 16.9 Å². The summed E-state index contributed by atoms with van der Waals surface area (Å²) in [5.41, 5.74) is 0.441. The Morgan fingerprint density at radius 2 is 1.86 bits per heavy atom. The van der Waals surface area contributed by atoms with Crippen molar-refractivity contribution < 1.29 is 27.1 Å². The number of ether oxygens (including phenoxy) is 1. The minimum atomic E-state index is -1.09. The number of nitrogens with zero attached hydrogens (tertiary/aromatic N) is 2. The summed E-state index contributed by atoms with van der Waals surface area (Å²) in [6.45, 7) is 4.56. The lowest BCUT2D eigenvalue weighted by Gasteiger charge is -2.19. The average Bonchev–Trinajstić information content (AvgIpc) is 3.29. The molecule has 0 spiro atoms. The molecule has 0 saturated heterocycles. The molecule has 8 heteroatoms. The van der Waals surface area contributed by atoms with Crippen molar-refractivity contribution in [3.8, 4) is 22.6 Å². The van der Waals surface area contributed by atoms with Crippen LogP contribution in [-0.4, -0.2) is 16.2 Å². The number of carbonyl (C=O) groups excluding carboxylic acids is 1. The number of halogens is 2. The number of furan rings is 1. The van der Waals surface area contributed by atoms with Crippen LogP contribution < -0.4 is 0 Å². The van der Waals surface area contributed by atoms with Gasteiger partial charge in [-0.1, -0.05) is 0 Å². The van der Waals surface area contributed by atoms with Crippen LogP contribution in [0.4, 0.5) is 8.78 Å². The molecule has 0 aliphatic carbocycles. The predicted octanol–water partition coefficient (Wildman–Crippen LogP) is 5.23. The molecule has 4 aromatic rings. The van der Waals surface area contributed by atoms with Gasteiger partial charge in [0.25, 0.3) is 5.89 Å². The first-order valence-electron chi connectivity index (χ1n) is 8.75. The van der Waals surface area contributed by atoms with Crippen molar-refractivity contribution in [2.45, 2.75) is 26.4 Å². The fourth-order valence-corrected chi connectivity index (χ4v) is 3.06. The summed E-state index contributed by atoms with van der Waals surface area (Å²) in [6, 6.07) is 8.29. The SMILES string of the molecule is CC(=O)OC(C)(C)c1nnc(-c2ccc3occ(-c4cc(F)ccc4F)c3c2)o1. The standard InChI is InChI=1S/C21H16F2N2O4/c1-11(26)29-21(2,3)20-25-24-19(28-20)12-4-7-18-15(8-12)16(10-27-18)14-9-13(22)5-6-17(14)23/h4-10H,1-3H3. The van der Waals surface area contributed by atoms with Crippen LogP contribution in [0.1, 0.15) is 26.7 Å². The van der Waals surface area contributed by atoms with E-state index in [4.69, 9.17) is 13.6 Å². The number of hydrogen-bond donors (Lipinski definition) is 0. The Morgan fingerprint density at radius 3 is 2.62 bits per heavy atom. The van der Waals surface area contributed by atoms with Crippen molar-refractivity contribution in [3.05, 3.63) is 60.2 Å². The maximum absolute atomic E-state index is 14.2. The molecule has 148 valence electrons. The number of aromatic nitrogens is 2. The molecule has 2 aromatic heterocycles. The summed E-state index contributed by atoms with van der Waals surface area (Å²) in [7, 11) is 0. The Balaban J connectivity index is 1.77.